The first-order chi connectivity index (χ1) is 8.63. The summed E-state index contributed by atoms with van der Waals surface area (Å²) in [6.07, 6.45) is 4.96. The molecule has 1 aliphatic carbocycles. The van der Waals surface area contributed by atoms with E-state index >= 15 is 0 Å². The minimum absolute atomic E-state index is 0.733. The Kier molecular flexibility index (Phi) is 4.85. The standard InChI is InChI=1S/C16H22ClN/c1-12-6-13(2)8-15(7-12)11-18-10-14-4-3-5-16(17)9-14/h3-6,9,12,15,18H,7-8,10-11H2,1-2H3. The van der Waals surface area contributed by atoms with Crippen molar-refractivity contribution >= 4 is 11.6 Å². The third-order valence-corrected chi connectivity index (χ3v) is 3.77. The summed E-state index contributed by atoms with van der Waals surface area (Å²) in [5, 5.41) is 4.37. The lowest BCUT2D eigenvalue weighted by Gasteiger charge is -2.25. The normalized spacial score (nSPS) is 23.8. The maximum atomic E-state index is 5.98. The lowest BCUT2D eigenvalue weighted by atomic mass is 9.84. The Morgan fingerprint density at radius 2 is 2.22 bits per heavy atom. The summed E-state index contributed by atoms with van der Waals surface area (Å²) in [4.78, 5) is 0. The Morgan fingerprint density at radius 1 is 1.39 bits per heavy atom. The van der Waals surface area contributed by atoms with Crippen LogP contribution in [0.4, 0.5) is 0 Å². The molecule has 1 aromatic rings. The van der Waals surface area contributed by atoms with Gasteiger partial charge < -0.3 is 5.32 Å². The van der Waals surface area contributed by atoms with Crippen molar-refractivity contribution in [3.8, 4) is 0 Å². The summed E-state index contributed by atoms with van der Waals surface area (Å²) in [7, 11) is 0. The summed E-state index contributed by atoms with van der Waals surface area (Å²) in [5.74, 6) is 1.51. The smallest absolute Gasteiger partial charge is 0.0409 e. The van der Waals surface area contributed by atoms with Crippen LogP contribution in [-0.2, 0) is 6.54 Å². The average Bonchev–Trinajstić information content (AvgIpc) is 2.27. The highest BCUT2D eigenvalue weighted by Gasteiger charge is 2.17. The van der Waals surface area contributed by atoms with Gasteiger partial charge in [-0.25, -0.2) is 0 Å². The predicted octanol–water partition coefficient (Wildman–Crippen LogP) is 4.42. The van der Waals surface area contributed by atoms with E-state index in [1.54, 1.807) is 5.57 Å². The van der Waals surface area contributed by atoms with Crippen molar-refractivity contribution < 1.29 is 0 Å². The molecule has 1 nitrogen and oxygen atoms in total. The van der Waals surface area contributed by atoms with Crippen molar-refractivity contribution in [2.24, 2.45) is 11.8 Å². The first kappa shape index (κ1) is 13.6. The second-order valence-electron chi connectivity index (χ2n) is 5.56. The fourth-order valence-electron chi connectivity index (χ4n) is 2.91. The van der Waals surface area contributed by atoms with Crippen LogP contribution >= 0.6 is 11.6 Å². The molecule has 98 valence electrons. The molecule has 2 unspecified atom stereocenters. The number of hydrogen-bond donors (Lipinski definition) is 1. The second-order valence-corrected chi connectivity index (χ2v) is 5.99. The van der Waals surface area contributed by atoms with Gasteiger partial charge in [0, 0.05) is 11.6 Å². The monoisotopic (exact) mass is 263 g/mol. The third kappa shape index (κ3) is 4.15. The van der Waals surface area contributed by atoms with Gasteiger partial charge in [-0.2, -0.15) is 0 Å². The van der Waals surface area contributed by atoms with E-state index in [0.29, 0.717) is 0 Å². The molecular formula is C16H22ClN. The molecule has 0 radical (unpaired) electrons. The highest BCUT2D eigenvalue weighted by molar-refractivity contribution is 6.30. The minimum atomic E-state index is 0.733. The Balaban J connectivity index is 1.77. The predicted molar refractivity (Wildman–Crippen MR) is 78.8 cm³/mol. The van der Waals surface area contributed by atoms with Gasteiger partial charge in [0.05, 0.1) is 0 Å². The van der Waals surface area contributed by atoms with Gasteiger partial charge in [-0.15, -0.1) is 0 Å². The van der Waals surface area contributed by atoms with Crippen LogP contribution in [0.5, 0.6) is 0 Å². The number of hydrogen-bond acceptors (Lipinski definition) is 1. The van der Waals surface area contributed by atoms with Crippen LogP contribution in [0.3, 0.4) is 0 Å². The van der Waals surface area contributed by atoms with Gasteiger partial charge in [0.2, 0.25) is 0 Å². The molecule has 1 aromatic carbocycles. The molecule has 0 amide bonds. The quantitative estimate of drug-likeness (QED) is 0.793. The van der Waals surface area contributed by atoms with Crippen molar-refractivity contribution in [3.05, 3.63) is 46.5 Å². The molecule has 0 fully saturated rings. The van der Waals surface area contributed by atoms with Crippen molar-refractivity contribution in [1.29, 1.82) is 0 Å². The zero-order chi connectivity index (χ0) is 13.0. The highest BCUT2D eigenvalue weighted by atomic mass is 35.5. The Morgan fingerprint density at radius 3 is 2.94 bits per heavy atom. The fraction of sp³-hybridized carbons (Fsp3) is 0.500. The maximum absolute atomic E-state index is 5.98. The zero-order valence-corrected chi connectivity index (χ0v) is 12.0. The zero-order valence-electron chi connectivity index (χ0n) is 11.2. The molecule has 0 saturated heterocycles. The lowest BCUT2D eigenvalue weighted by molar-refractivity contribution is 0.381. The van der Waals surface area contributed by atoms with Gasteiger partial charge in [-0.1, -0.05) is 42.3 Å². The van der Waals surface area contributed by atoms with Crippen molar-refractivity contribution in [2.75, 3.05) is 6.54 Å². The first-order valence-electron chi connectivity index (χ1n) is 6.76. The molecule has 2 heteroatoms. The summed E-state index contributed by atoms with van der Waals surface area (Å²) in [5.41, 5.74) is 2.81. The average molecular weight is 264 g/mol. The third-order valence-electron chi connectivity index (χ3n) is 3.54. The number of nitrogens with one attached hydrogen (secondary N) is 1. The molecule has 0 aliphatic heterocycles. The van der Waals surface area contributed by atoms with E-state index < -0.39 is 0 Å². The van der Waals surface area contributed by atoms with Crippen LogP contribution in [-0.4, -0.2) is 6.54 Å². The van der Waals surface area contributed by atoms with Crippen molar-refractivity contribution in [1.82, 2.24) is 5.32 Å². The fourth-order valence-corrected chi connectivity index (χ4v) is 3.12. The largest absolute Gasteiger partial charge is 0.312 e. The van der Waals surface area contributed by atoms with Gasteiger partial charge in [0.1, 0.15) is 0 Å². The van der Waals surface area contributed by atoms with E-state index in [1.165, 1.54) is 18.4 Å². The van der Waals surface area contributed by atoms with E-state index in [9.17, 15) is 0 Å². The Bertz CT molecular complexity index is 425. The molecule has 1 N–H and O–H groups in total. The molecule has 2 atom stereocenters. The van der Waals surface area contributed by atoms with E-state index in [1.807, 2.05) is 18.2 Å². The molecular weight excluding hydrogens is 242 g/mol. The first-order valence-corrected chi connectivity index (χ1v) is 7.13. The summed E-state index contributed by atoms with van der Waals surface area (Å²) < 4.78 is 0. The molecule has 0 aromatic heterocycles. The van der Waals surface area contributed by atoms with Crippen molar-refractivity contribution in [3.63, 3.8) is 0 Å². The highest BCUT2D eigenvalue weighted by Crippen LogP contribution is 2.27. The summed E-state index contributed by atoms with van der Waals surface area (Å²) in [6.45, 7) is 6.57. The SMILES string of the molecule is CC1=CC(C)CC(CNCc2cccc(Cl)c2)C1. The van der Waals surface area contributed by atoms with Crippen molar-refractivity contribution in [2.45, 2.75) is 33.2 Å². The Hall–Kier alpha value is -0.790. The number of halogens is 1. The summed E-state index contributed by atoms with van der Waals surface area (Å²) >= 11 is 5.98. The number of benzene rings is 1. The van der Waals surface area contributed by atoms with Gasteiger partial charge >= 0.3 is 0 Å². The van der Waals surface area contributed by atoms with Crippen LogP contribution in [0.2, 0.25) is 5.02 Å². The summed E-state index contributed by atoms with van der Waals surface area (Å²) in [6, 6.07) is 8.08. The topological polar surface area (TPSA) is 12.0 Å². The molecule has 0 heterocycles. The van der Waals surface area contributed by atoms with Crippen LogP contribution < -0.4 is 5.32 Å². The van der Waals surface area contributed by atoms with E-state index in [2.05, 4.69) is 31.3 Å². The molecule has 2 rings (SSSR count). The van der Waals surface area contributed by atoms with Crippen LogP contribution in [0.15, 0.2) is 35.9 Å². The van der Waals surface area contributed by atoms with Crippen LogP contribution in [0.1, 0.15) is 32.3 Å². The van der Waals surface area contributed by atoms with Gasteiger partial charge in [-0.05, 0) is 55.8 Å². The van der Waals surface area contributed by atoms with Gasteiger partial charge in [0.25, 0.3) is 0 Å². The van der Waals surface area contributed by atoms with Gasteiger partial charge in [-0.3, -0.25) is 0 Å². The number of allylic oxidation sites excluding steroid dienone is 2. The van der Waals surface area contributed by atoms with Crippen LogP contribution in [0.25, 0.3) is 0 Å². The molecule has 0 bridgehead atoms. The molecule has 1 aliphatic rings. The lowest BCUT2D eigenvalue weighted by Crippen LogP contribution is -2.25. The van der Waals surface area contributed by atoms with Crippen LogP contribution in [0, 0.1) is 11.8 Å². The number of rotatable bonds is 4. The molecule has 0 saturated carbocycles. The van der Waals surface area contributed by atoms with E-state index in [-0.39, 0.29) is 0 Å². The second kappa shape index (κ2) is 6.40. The van der Waals surface area contributed by atoms with Gasteiger partial charge in [0.15, 0.2) is 0 Å². The molecule has 18 heavy (non-hydrogen) atoms. The van der Waals surface area contributed by atoms with E-state index in [4.69, 9.17) is 11.6 Å². The Labute approximate surface area is 115 Å². The minimum Gasteiger partial charge on any atom is -0.312 e. The molecule has 0 spiro atoms. The maximum Gasteiger partial charge on any atom is 0.0409 e. The van der Waals surface area contributed by atoms with E-state index in [0.717, 1.165) is 29.9 Å².